The van der Waals surface area contributed by atoms with E-state index < -0.39 is 0 Å². The van der Waals surface area contributed by atoms with Crippen LogP contribution >= 0.6 is 0 Å². The molecule has 656 valence electrons. The number of amides is 2. The van der Waals surface area contributed by atoms with Crippen molar-refractivity contribution < 1.29 is 93.7 Å². The lowest BCUT2D eigenvalue weighted by molar-refractivity contribution is -0.192. The zero-order valence-electron chi connectivity index (χ0n) is 73.9. The monoisotopic (exact) mass is 1590 g/mol. The van der Waals surface area contributed by atoms with Gasteiger partial charge in [-0.3, -0.25) is 24.0 Å². The number of hydrogen-bond acceptors (Lipinski definition) is 20. The Labute approximate surface area is 676 Å². The van der Waals surface area contributed by atoms with Crippen LogP contribution in [0.1, 0.15) is 306 Å². The van der Waals surface area contributed by atoms with Crippen molar-refractivity contribution in [1.82, 2.24) is 10.6 Å². The standard InChI is InChI=1S/2C12H23NO2.C12H24O3.C12H22O3.C11H20O3.C10H21NO.C10H20O2.C9H18O.CO2/c1-10(11(2)14)8-6-4-5-7-9-13-12(3)15;1-4-13-12(15)9-7-5-6-8-10(2)11(3)14;2*1-10(11(2)13)8-6-4-5-7-9-15-12(3)14;1-9(10(2)12)7-5-4-6-8-11(13)14-3;2*1-9(10(2)12)7-5-3-4-6-8-11;1-4-5-6-7-8(2)9(3)10;2-1-3/h4-5,10-11,14H,6-9H2,1-3H3,(H,13,15);5,7,10-11,14H,4,6,8-9H2,1-3H3,(H,13,15);10-11,13H,4-9H2,1-3H3;4-5,10-11,13H,6-9H2,1-3H3;4,6,9-10,12H,5,7-8H2,1-3H3;3-4,9-10,12H,5-8,11H2,1-2H3;3-4,9-12H,5-8H2,1-2H3;4-5,8-10H,6-7H2,1-3H3;/b5-4+;7-5+;;5-4+;6-4+;2*4-3+;5-4+;/t4*10-,11+;3*9-,10+;8-,9+;/m11111111./s1. The van der Waals surface area contributed by atoms with Crippen LogP contribution < -0.4 is 16.4 Å². The molecule has 0 aliphatic rings. The Bertz CT molecular complexity index is 2200. The molecule has 0 aliphatic carbocycles. The summed E-state index contributed by atoms with van der Waals surface area (Å²) < 4.78 is 14.1. The van der Waals surface area contributed by atoms with Gasteiger partial charge in [0.25, 0.3) is 0 Å². The molecule has 0 saturated carbocycles. The van der Waals surface area contributed by atoms with Crippen molar-refractivity contribution >= 4 is 35.9 Å². The Morgan fingerprint density at radius 1 is 0.378 bits per heavy atom. The summed E-state index contributed by atoms with van der Waals surface area (Å²) in [5.41, 5.74) is 5.33. The predicted molar refractivity (Wildman–Crippen MR) is 456 cm³/mol. The average Bonchev–Trinajstić information content (AvgIpc) is 1.08. The summed E-state index contributed by atoms with van der Waals surface area (Å²) in [7, 11) is 1.38. The van der Waals surface area contributed by atoms with Crippen LogP contribution in [-0.4, -0.2) is 177 Å². The number of hydrogen-bond donors (Lipinski definition) is 12. The highest BCUT2D eigenvalue weighted by Gasteiger charge is 2.12. The van der Waals surface area contributed by atoms with Gasteiger partial charge in [-0.15, -0.1) is 0 Å². The van der Waals surface area contributed by atoms with Gasteiger partial charge in [0.2, 0.25) is 11.8 Å². The molecule has 0 bridgehead atoms. The third kappa shape index (κ3) is 118. The predicted octanol–water partition coefficient (Wildman–Crippen LogP) is 15.6. The number of carbonyl (C=O) groups excluding carboxylic acids is 7. The summed E-state index contributed by atoms with van der Waals surface area (Å²) in [6.45, 7) is 42.6. The SMILES string of the molecule is C/C=C/CC[C@@H](C)[C@H](C)O.CC(=O)NCC/C=C/CC[C@@H](C)[C@H](C)O.CC(=O)OCC/C=C/CC[C@@H](C)[C@H](C)O.CC(=O)OCCCCCC[C@@H](C)[C@H](C)O.CCNC(=O)C/C=C/CC[C@@H](C)[C@H](C)O.COC(=O)C/C=C/CC[C@@H](C)[C@H](C)O.C[C@H](O)[C@H](C)CC/C=C/CCN.C[C@H](O)[C@H](C)CC/C=C/CCO.O=C=O. The fraction of sp³-hybridized carbons (Fsp3) is 0.775. The molecule has 111 heavy (non-hydrogen) atoms. The van der Waals surface area contributed by atoms with E-state index in [0.717, 1.165) is 154 Å². The molecule has 0 radical (unpaired) electrons. The first kappa shape index (κ1) is 124. The van der Waals surface area contributed by atoms with Gasteiger partial charge in [0, 0.05) is 46.9 Å². The number of rotatable bonds is 51. The van der Waals surface area contributed by atoms with Gasteiger partial charge in [0.15, 0.2) is 0 Å². The molecule has 13 N–H and O–H groups in total. The lowest BCUT2D eigenvalue weighted by Gasteiger charge is -2.13. The Balaban J connectivity index is -0.000000153. The van der Waals surface area contributed by atoms with E-state index in [0.29, 0.717) is 86.5 Å². The second-order valence-corrected chi connectivity index (χ2v) is 29.2. The highest BCUT2D eigenvalue weighted by molar-refractivity contribution is 5.77. The number of unbranched alkanes of at least 4 members (excludes halogenated alkanes) is 3. The highest BCUT2D eigenvalue weighted by Crippen LogP contribution is 2.17. The van der Waals surface area contributed by atoms with Crippen molar-refractivity contribution in [2.24, 2.45) is 53.1 Å². The molecule has 0 fully saturated rings. The normalized spacial score (nSPS) is 15.4. The number of nitrogens with one attached hydrogen (secondary N) is 2. The van der Waals surface area contributed by atoms with E-state index in [1.807, 2.05) is 120 Å². The van der Waals surface area contributed by atoms with Crippen molar-refractivity contribution in [3.8, 4) is 0 Å². The smallest absolute Gasteiger partial charge is 0.373 e. The van der Waals surface area contributed by atoms with Crippen molar-refractivity contribution in [2.75, 3.05) is 46.6 Å². The molecule has 0 aliphatic heterocycles. The molecule has 0 aromatic heterocycles. The third-order valence-electron chi connectivity index (χ3n) is 18.3. The Hall–Kier alpha value is -5.49. The van der Waals surface area contributed by atoms with E-state index in [1.165, 1.54) is 27.9 Å². The van der Waals surface area contributed by atoms with E-state index in [4.69, 9.17) is 40.1 Å². The number of carbonyl (C=O) groups is 5. The lowest BCUT2D eigenvalue weighted by Crippen LogP contribution is -2.21. The van der Waals surface area contributed by atoms with E-state index in [2.05, 4.69) is 91.7 Å². The molecular formula is C89H171N3O19. The topological polar surface area (TPSA) is 379 Å². The van der Waals surface area contributed by atoms with Crippen LogP contribution in [-0.2, 0) is 47.8 Å². The molecule has 0 heterocycles. The first-order valence-electron chi connectivity index (χ1n) is 41.3. The van der Waals surface area contributed by atoms with Crippen LogP contribution in [0, 0.1) is 47.3 Å². The Morgan fingerprint density at radius 3 is 0.973 bits per heavy atom. The van der Waals surface area contributed by atoms with Crippen molar-refractivity contribution in [3.63, 3.8) is 0 Å². The van der Waals surface area contributed by atoms with Crippen molar-refractivity contribution in [3.05, 3.63) is 85.1 Å². The number of allylic oxidation sites excluding steroid dienone is 8. The van der Waals surface area contributed by atoms with E-state index >= 15 is 0 Å². The summed E-state index contributed by atoms with van der Waals surface area (Å²) in [4.78, 5) is 69.4. The molecule has 22 heteroatoms. The van der Waals surface area contributed by atoms with Crippen LogP contribution in [0.5, 0.6) is 0 Å². The maximum absolute atomic E-state index is 11.0. The molecule has 0 aromatic carbocycles. The van der Waals surface area contributed by atoms with E-state index in [-0.39, 0.29) is 91.3 Å². The first-order valence-corrected chi connectivity index (χ1v) is 41.3. The van der Waals surface area contributed by atoms with Crippen LogP contribution in [0.3, 0.4) is 0 Å². The second-order valence-electron chi connectivity index (χ2n) is 29.2. The molecule has 0 unspecified atom stereocenters. The Morgan fingerprint density at radius 2 is 0.667 bits per heavy atom. The van der Waals surface area contributed by atoms with Gasteiger partial charge >= 0.3 is 24.1 Å². The lowest BCUT2D eigenvalue weighted by atomic mass is 9.98. The molecular weight excluding hydrogens is 1410 g/mol. The highest BCUT2D eigenvalue weighted by atomic mass is 16.5. The molecule has 0 rings (SSSR count). The summed E-state index contributed by atoms with van der Waals surface area (Å²) >= 11 is 0. The van der Waals surface area contributed by atoms with Gasteiger partial charge in [-0.1, -0.05) is 160 Å². The summed E-state index contributed by atoms with van der Waals surface area (Å²) in [6.07, 6.45) is 50.4. The minimum absolute atomic E-state index is 0.0196. The van der Waals surface area contributed by atoms with Crippen LogP contribution in [0.2, 0.25) is 0 Å². The first-order chi connectivity index (χ1) is 52.2. The summed E-state index contributed by atoms with van der Waals surface area (Å²) in [5, 5.41) is 87.6. The van der Waals surface area contributed by atoms with Gasteiger partial charge in [-0.05, 0) is 252 Å². The third-order valence-corrected chi connectivity index (χ3v) is 18.3. The number of aliphatic hydroxyl groups excluding tert-OH is 9. The average molecular weight is 1590 g/mol. The van der Waals surface area contributed by atoms with Gasteiger partial charge in [-0.25, -0.2) is 0 Å². The van der Waals surface area contributed by atoms with Gasteiger partial charge in [0.1, 0.15) is 0 Å². The second kappa shape index (κ2) is 95.1. The number of aliphatic hydroxyl groups is 9. The molecule has 0 spiro atoms. The molecule has 22 nitrogen and oxygen atoms in total. The number of esters is 3. The number of methoxy groups -OCH3 is 1. The van der Waals surface area contributed by atoms with Gasteiger partial charge in [0.05, 0.1) is 75.6 Å². The minimum Gasteiger partial charge on any atom is -0.469 e. The molecule has 0 saturated heterocycles. The Kier molecular flexibility index (Phi) is 106. The molecule has 0 aromatic rings. The quantitative estimate of drug-likeness (QED) is 0.0116. The minimum atomic E-state index is -0.260. The van der Waals surface area contributed by atoms with Crippen LogP contribution in [0.4, 0.5) is 0 Å². The van der Waals surface area contributed by atoms with Crippen molar-refractivity contribution in [1.29, 1.82) is 0 Å². The summed E-state index contributed by atoms with van der Waals surface area (Å²) in [6, 6.07) is 0. The van der Waals surface area contributed by atoms with Crippen molar-refractivity contribution in [2.45, 2.75) is 355 Å². The van der Waals surface area contributed by atoms with E-state index in [1.54, 1.807) is 13.0 Å². The van der Waals surface area contributed by atoms with Gasteiger partial charge < -0.3 is 76.5 Å². The van der Waals surface area contributed by atoms with Crippen LogP contribution in [0.25, 0.3) is 0 Å². The number of ether oxygens (including phenoxy) is 3. The zero-order chi connectivity index (χ0) is 87.2. The summed E-state index contributed by atoms with van der Waals surface area (Å²) in [5.74, 6) is 2.33. The largest absolute Gasteiger partial charge is 0.469 e. The van der Waals surface area contributed by atoms with Gasteiger partial charge in [-0.2, -0.15) is 9.59 Å². The fourth-order valence-corrected chi connectivity index (χ4v) is 8.42. The maximum atomic E-state index is 11.0. The molecule has 16 atom stereocenters. The number of nitrogens with two attached hydrogens (primary N) is 1. The maximum Gasteiger partial charge on any atom is 0.373 e. The van der Waals surface area contributed by atoms with E-state index in [9.17, 15) is 54.6 Å². The molecule has 2 amide bonds. The van der Waals surface area contributed by atoms with Crippen LogP contribution in [0.15, 0.2) is 85.1 Å². The zero-order valence-corrected chi connectivity index (χ0v) is 73.9. The fourth-order valence-electron chi connectivity index (χ4n) is 8.42.